The van der Waals surface area contributed by atoms with E-state index in [0.29, 0.717) is 12.1 Å². The molecule has 0 aromatic carbocycles. The average Bonchev–Trinajstić information content (AvgIpc) is 2.33. The zero-order valence-corrected chi connectivity index (χ0v) is 13.6. The molecule has 0 radical (unpaired) electrons. The molecule has 0 aliphatic heterocycles. The van der Waals surface area contributed by atoms with E-state index in [2.05, 4.69) is 57.4 Å². The zero-order valence-electron chi connectivity index (χ0n) is 13.6. The van der Waals surface area contributed by atoms with Gasteiger partial charge in [0.25, 0.3) is 0 Å². The molecule has 0 bridgehead atoms. The van der Waals surface area contributed by atoms with Crippen molar-refractivity contribution in [2.75, 3.05) is 13.6 Å². The molecule has 0 amide bonds. The van der Waals surface area contributed by atoms with E-state index in [4.69, 9.17) is 0 Å². The van der Waals surface area contributed by atoms with Crippen LogP contribution in [0, 0.1) is 11.8 Å². The molecule has 110 valence electrons. The Morgan fingerprint density at radius 3 is 2.58 bits per heavy atom. The van der Waals surface area contributed by atoms with Crippen LogP contribution in [0.3, 0.4) is 0 Å². The standard InChI is InChI=1S/C17H33N2/c1-13(2)7-8-15(4)18-12-16-9-10-17(19(5)6)14(3)11-16/h9,13-15,17-18H,5,7-8,10-12H2,1-4,6H3/q+1. The SMILES string of the molecule is C=[N+](C)C1CC=C(CNC(C)CCC(C)C)CC1C. The molecule has 1 aliphatic rings. The van der Waals surface area contributed by atoms with Gasteiger partial charge in [0.05, 0.1) is 0 Å². The summed E-state index contributed by atoms with van der Waals surface area (Å²) < 4.78 is 2.12. The van der Waals surface area contributed by atoms with E-state index in [1.807, 2.05) is 0 Å². The van der Waals surface area contributed by atoms with Gasteiger partial charge < -0.3 is 5.32 Å². The van der Waals surface area contributed by atoms with Crippen LogP contribution in [0.2, 0.25) is 0 Å². The first-order chi connectivity index (χ1) is 8.90. The lowest BCUT2D eigenvalue weighted by Gasteiger charge is -2.26. The molecule has 0 saturated heterocycles. The molecule has 2 nitrogen and oxygen atoms in total. The van der Waals surface area contributed by atoms with Crippen molar-refractivity contribution in [2.45, 2.75) is 65.5 Å². The van der Waals surface area contributed by atoms with Gasteiger partial charge in [0.15, 0.2) is 6.04 Å². The summed E-state index contributed by atoms with van der Waals surface area (Å²) in [6.07, 6.45) is 7.39. The molecule has 1 aliphatic carbocycles. The van der Waals surface area contributed by atoms with Gasteiger partial charge in [0, 0.05) is 24.9 Å². The summed E-state index contributed by atoms with van der Waals surface area (Å²) in [7, 11) is 2.09. The van der Waals surface area contributed by atoms with Crippen molar-refractivity contribution in [3.8, 4) is 0 Å². The molecule has 0 aromatic heterocycles. The first-order valence-electron chi connectivity index (χ1n) is 7.84. The van der Waals surface area contributed by atoms with E-state index >= 15 is 0 Å². The Kier molecular flexibility index (Phi) is 6.78. The predicted molar refractivity (Wildman–Crippen MR) is 85.1 cm³/mol. The van der Waals surface area contributed by atoms with Crippen LogP contribution in [0.5, 0.6) is 0 Å². The summed E-state index contributed by atoms with van der Waals surface area (Å²) in [6.45, 7) is 14.4. The second-order valence-electron chi connectivity index (χ2n) is 6.86. The van der Waals surface area contributed by atoms with Crippen molar-refractivity contribution >= 4 is 6.72 Å². The zero-order chi connectivity index (χ0) is 14.4. The maximum atomic E-state index is 4.04. The monoisotopic (exact) mass is 265 g/mol. The van der Waals surface area contributed by atoms with Crippen LogP contribution in [-0.2, 0) is 0 Å². The van der Waals surface area contributed by atoms with Crippen LogP contribution >= 0.6 is 0 Å². The summed E-state index contributed by atoms with van der Waals surface area (Å²) in [5.74, 6) is 1.53. The molecule has 0 aromatic rings. The van der Waals surface area contributed by atoms with Gasteiger partial charge >= 0.3 is 0 Å². The third kappa shape index (κ3) is 5.90. The normalized spacial score (nSPS) is 25.3. The van der Waals surface area contributed by atoms with Gasteiger partial charge in [-0.15, -0.1) is 0 Å². The highest BCUT2D eigenvalue weighted by atomic mass is 15.0. The quantitative estimate of drug-likeness (QED) is 0.423. The summed E-state index contributed by atoms with van der Waals surface area (Å²) in [5, 5.41) is 3.67. The molecule has 0 fully saturated rings. The first kappa shape index (κ1) is 16.4. The number of nitrogens with one attached hydrogen (secondary N) is 1. The second kappa shape index (κ2) is 7.84. The fraction of sp³-hybridized carbons (Fsp3) is 0.824. The number of hydrogen-bond donors (Lipinski definition) is 1. The largest absolute Gasteiger partial charge is 0.311 e. The molecule has 1 N–H and O–H groups in total. The Morgan fingerprint density at radius 1 is 1.37 bits per heavy atom. The minimum Gasteiger partial charge on any atom is -0.311 e. The summed E-state index contributed by atoms with van der Waals surface area (Å²) >= 11 is 0. The molecular formula is C17H33N2+. The lowest BCUT2D eigenvalue weighted by atomic mass is 9.85. The first-order valence-corrected chi connectivity index (χ1v) is 7.84. The highest BCUT2D eigenvalue weighted by Crippen LogP contribution is 2.25. The van der Waals surface area contributed by atoms with E-state index in [1.54, 1.807) is 5.57 Å². The van der Waals surface area contributed by atoms with Crippen molar-refractivity contribution in [3.63, 3.8) is 0 Å². The Morgan fingerprint density at radius 2 is 2.05 bits per heavy atom. The van der Waals surface area contributed by atoms with Crippen molar-refractivity contribution in [1.82, 2.24) is 5.32 Å². The van der Waals surface area contributed by atoms with Gasteiger partial charge in [0.1, 0.15) is 13.8 Å². The van der Waals surface area contributed by atoms with E-state index in [9.17, 15) is 0 Å². The minimum absolute atomic E-state index is 0.613. The lowest BCUT2D eigenvalue weighted by Crippen LogP contribution is -2.34. The van der Waals surface area contributed by atoms with E-state index in [0.717, 1.165) is 24.8 Å². The van der Waals surface area contributed by atoms with Crippen molar-refractivity contribution in [3.05, 3.63) is 11.6 Å². The Bertz CT molecular complexity index is 317. The van der Waals surface area contributed by atoms with Gasteiger partial charge in [-0.05, 0) is 32.1 Å². The Labute approximate surface area is 120 Å². The van der Waals surface area contributed by atoms with Crippen molar-refractivity contribution < 1.29 is 4.58 Å². The smallest absolute Gasteiger partial charge is 0.158 e. The van der Waals surface area contributed by atoms with Crippen LogP contribution in [-0.4, -0.2) is 37.0 Å². The van der Waals surface area contributed by atoms with E-state index in [1.165, 1.54) is 19.3 Å². The van der Waals surface area contributed by atoms with Gasteiger partial charge in [-0.25, -0.2) is 4.58 Å². The van der Waals surface area contributed by atoms with Gasteiger partial charge in [0.2, 0.25) is 0 Å². The van der Waals surface area contributed by atoms with Crippen LogP contribution in [0.15, 0.2) is 11.6 Å². The fourth-order valence-corrected chi connectivity index (χ4v) is 2.90. The molecule has 0 saturated carbocycles. The average molecular weight is 265 g/mol. The molecule has 3 unspecified atom stereocenters. The molecule has 19 heavy (non-hydrogen) atoms. The molecular weight excluding hydrogens is 232 g/mol. The lowest BCUT2D eigenvalue weighted by molar-refractivity contribution is -0.538. The third-order valence-corrected chi connectivity index (χ3v) is 4.31. The summed E-state index contributed by atoms with van der Waals surface area (Å²) in [4.78, 5) is 0. The molecule has 0 spiro atoms. The maximum Gasteiger partial charge on any atom is 0.158 e. The van der Waals surface area contributed by atoms with Crippen LogP contribution in [0.4, 0.5) is 0 Å². The van der Waals surface area contributed by atoms with Gasteiger partial charge in [-0.1, -0.05) is 32.4 Å². The maximum absolute atomic E-state index is 4.04. The number of nitrogens with zero attached hydrogens (tertiary/aromatic N) is 1. The molecule has 0 heterocycles. The van der Waals surface area contributed by atoms with Crippen molar-refractivity contribution in [1.29, 1.82) is 0 Å². The van der Waals surface area contributed by atoms with E-state index < -0.39 is 0 Å². The Hall–Kier alpha value is -0.630. The third-order valence-electron chi connectivity index (χ3n) is 4.31. The van der Waals surface area contributed by atoms with E-state index in [-0.39, 0.29) is 0 Å². The Balaban J connectivity index is 2.32. The van der Waals surface area contributed by atoms with Gasteiger partial charge in [-0.3, -0.25) is 0 Å². The predicted octanol–water partition coefficient (Wildman–Crippen LogP) is 3.47. The van der Waals surface area contributed by atoms with Crippen LogP contribution < -0.4 is 5.32 Å². The summed E-state index contributed by atoms with van der Waals surface area (Å²) in [5.41, 5.74) is 1.59. The van der Waals surface area contributed by atoms with Crippen LogP contribution in [0.25, 0.3) is 0 Å². The highest BCUT2D eigenvalue weighted by molar-refractivity contribution is 5.16. The van der Waals surface area contributed by atoms with Crippen molar-refractivity contribution in [2.24, 2.45) is 11.8 Å². The fourth-order valence-electron chi connectivity index (χ4n) is 2.90. The molecule has 3 atom stereocenters. The number of hydrogen-bond acceptors (Lipinski definition) is 1. The second-order valence-corrected chi connectivity index (χ2v) is 6.86. The molecule has 1 rings (SSSR count). The van der Waals surface area contributed by atoms with Gasteiger partial charge in [-0.2, -0.15) is 0 Å². The number of rotatable bonds is 7. The minimum atomic E-state index is 0.613. The molecule has 2 heteroatoms. The highest BCUT2D eigenvalue weighted by Gasteiger charge is 2.27. The topological polar surface area (TPSA) is 15.0 Å². The van der Waals surface area contributed by atoms with Crippen LogP contribution in [0.1, 0.15) is 53.4 Å². The summed E-state index contributed by atoms with van der Waals surface area (Å²) in [6, 6.07) is 1.24.